The smallest absolute Gasteiger partial charge is 0.138 e. The standard InChI is InChI=1S/C54H35N3S/c1-32-11-10-17-42-37-13-3-2-12-36(37)38-24-21-33(28-46(38)54(32)42)34-22-26-51-44(27-34)45-30-53(55-31-52(45)58-51)57-49-20-9-6-16-41(49)43-29-35(23-25-50(43)57)56-47-18-7-4-14-39(47)40-15-5-8-19-48(40)56/h2-10,12-32H,11H2,1H3. The molecule has 12 aromatic rings. The molecule has 58 heavy (non-hydrogen) atoms. The lowest BCUT2D eigenvalue weighted by molar-refractivity contribution is 0.781. The molecule has 4 heterocycles. The van der Waals surface area contributed by atoms with Gasteiger partial charge < -0.3 is 4.57 Å². The molecular formula is C54H35N3S. The van der Waals surface area contributed by atoms with Gasteiger partial charge in [-0.05, 0) is 117 Å². The van der Waals surface area contributed by atoms with Gasteiger partial charge in [-0.1, -0.05) is 116 Å². The minimum absolute atomic E-state index is 0.470. The van der Waals surface area contributed by atoms with Crippen LogP contribution in [0.25, 0.3) is 114 Å². The Balaban J connectivity index is 0.980. The monoisotopic (exact) mass is 757 g/mol. The minimum Gasteiger partial charge on any atom is -0.309 e. The molecule has 0 bridgehead atoms. The molecule has 1 aliphatic carbocycles. The van der Waals surface area contributed by atoms with E-state index >= 15 is 0 Å². The zero-order valence-electron chi connectivity index (χ0n) is 31.8. The lowest BCUT2D eigenvalue weighted by atomic mass is 9.81. The highest BCUT2D eigenvalue weighted by Gasteiger charge is 2.21. The molecule has 4 aromatic heterocycles. The second-order valence-corrected chi connectivity index (χ2v) is 17.0. The van der Waals surface area contributed by atoms with Gasteiger partial charge in [-0.15, -0.1) is 11.3 Å². The van der Waals surface area contributed by atoms with Crippen LogP contribution in [0.3, 0.4) is 0 Å². The highest BCUT2D eigenvalue weighted by atomic mass is 32.1. The van der Waals surface area contributed by atoms with Crippen LogP contribution in [0.5, 0.6) is 0 Å². The van der Waals surface area contributed by atoms with E-state index in [0.29, 0.717) is 5.92 Å². The van der Waals surface area contributed by atoms with Crippen molar-refractivity contribution in [1.29, 1.82) is 0 Å². The fraction of sp³-hybridized carbons (Fsp3) is 0.0556. The van der Waals surface area contributed by atoms with Crippen LogP contribution < -0.4 is 0 Å². The maximum atomic E-state index is 5.15. The SMILES string of the molecule is CC1CC=Cc2c1c1cc(-c3ccc4sc5cnc(-n6c7ccccc7c7cc(-n8c9ccccc9c9ccccc98)ccc76)cc5c4c3)ccc1c1ccccc21. The number of allylic oxidation sites excluding steroid dienone is 1. The van der Waals surface area contributed by atoms with Crippen molar-refractivity contribution in [2.24, 2.45) is 0 Å². The number of benzene rings is 8. The van der Waals surface area contributed by atoms with Crippen molar-refractivity contribution in [3.63, 3.8) is 0 Å². The quantitative estimate of drug-likeness (QED) is 0.165. The molecule has 0 radical (unpaired) electrons. The van der Waals surface area contributed by atoms with Gasteiger partial charge in [0.15, 0.2) is 0 Å². The van der Waals surface area contributed by atoms with Crippen LogP contribution in [-0.2, 0) is 0 Å². The van der Waals surface area contributed by atoms with Crippen molar-refractivity contribution in [2.45, 2.75) is 19.3 Å². The number of aromatic nitrogens is 3. The molecule has 0 fully saturated rings. The van der Waals surface area contributed by atoms with Gasteiger partial charge in [0.25, 0.3) is 0 Å². The predicted molar refractivity (Wildman–Crippen MR) is 248 cm³/mol. The summed E-state index contributed by atoms with van der Waals surface area (Å²) in [5, 5.41) is 12.9. The van der Waals surface area contributed by atoms with Gasteiger partial charge in [0.1, 0.15) is 5.82 Å². The first-order chi connectivity index (χ1) is 28.7. The number of pyridine rings is 1. The second-order valence-electron chi connectivity index (χ2n) is 15.9. The van der Waals surface area contributed by atoms with E-state index in [-0.39, 0.29) is 0 Å². The summed E-state index contributed by atoms with van der Waals surface area (Å²) in [7, 11) is 0. The Morgan fingerprint density at radius 3 is 1.83 bits per heavy atom. The van der Waals surface area contributed by atoms with Gasteiger partial charge in [-0.2, -0.15) is 0 Å². The molecule has 0 amide bonds. The van der Waals surface area contributed by atoms with Gasteiger partial charge in [0.05, 0.1) is 26.8 Å². The summed E-state index contributed by atoms with van der Waals surface area (Å²) in [6, 6.07) is 58.4. The van der Waals surface area contributed by atoms with Crippen LogP contribution >= 0.6 is 11.3 Å². The lowest BCUT2D eigenvalue weighted by Gasteiger charge is -2.23. The Kier molecular flexibility index (Phi) is 6.64. The lowest BCUT2D eigenvalue weighted by Crippen LogP contribution is -2.02. The van der Waals surface area contributed by atoms with E-state index < -0.39 is 0 Å². The van der Waals surface area contributed by atoms with Crippen LogP contribution in [0.2, 0.25) is 0 Å². The summed E-state index contributed by atoms with van der Waals surface area (Å²) in [5.41, 5.74) is 11.2. The Labute approximate surface area is 338 Å². The molecule has 0 saturated carbocycles. The predicted octanol–water partition coefficient (Wildman–Crippen LogP) is 15.1. The average molecular weight is 758 g/mol. The number of thiophene rings is 1. The molecule has 1 unspecified atom stereocenters. The van der Waals surface area contributed by atoms with Crippen LogP contribution in [-0.4, -0.2) is 14.1 Å². The third-order valence-electron chi connectivity index (χ3n) is 12.8. The Bertz CT molecular complexity index is 3690. The first-order valence-corrected chi connectivity index (χ1v) is 21.0. The number of para-hydroxylation sites is 3. The third kappa shape index (κ3) is 4.46. The zero-order chi connectivity index (χ0) is 38.1. The van der Waals surface area contributed by atoms with Crippen molar-refractivity contribution in [1.82, 2.24) is 14.1 Å². The molecule has 0 aliphatic heterocycles. The fourth-order valence-electron chi connectivity index (χ4n) is 10.2. The van der Waals surface area contributed by atoms with Crippen LogP contribution in [0.4, 0.5) is 0 Å². The van der Waals surface area contributed by atoms with Crippen LogP contribution in [0, 0.1) is 0 Å². The van der Waals surface area contributed by atoms with E-state index in [2.05, 4.69) is 192 Å². The van der Waals surface area contributed by atoms with Crippen molar-refractivity contribution in [3.8, 4) is 22.6 Å². The highest BCUT2D eigenvalue weighted by Crippen LogP contribution is 2.44. The Hall–Kier alpha value is -7.01. The summed E-state index contributed by atoms with van der Waals surface area (Å²) in [6.45, 7) is 2.38. The van der Waals surface area contributed by atoms with Crippen LogP contribution in [0.1, 0.15) is 30.4 Å². The van der Waals surface area contributed by atoms with E-state index in [9.17, 15) is 0 Å². The normalized spacial score (nSPS) is 14.3. The summed E-state index contributed by atoms with van der Waals surface area (Å²) in [6.07, 6.45) is 7.84. The van der Waals surface area contributed by atoms with Gasteiger partial charge in [0, 0.05) is 48.9 Å². The minimum atomic E-state index is 0.470. The van der Waals surface area contributed by atoms with E-state index in [1.165, 1.54) is 96.5 Å². The molecule has 1 aliphatic rings. The van der Waals surface area contributed by atoms with Gasteiger partial charge >= 0.3 is 0 Å². The number of hydrogen-bond acceptors (Lipinski definition) is 2. The second kappa shape index (κ2) is 12.0. The molecule has 1 atom stereocenters. The third-order valence-corrected chi connectivity index (χ3v) is 13.9. The maximum absolute atomic E-state index is 5.15. The number of fused-ring (bicyclic) bond motifs is 15. The van der Waals surface area contributed by atoms with E-state index in [4.69, 9.17) is 4.98 Å². The first-order valence-electron chi connectivity index (χ1n) is 20.2. The number of rotatable bonds is 3. The highest BCUT2D eigenvalue weighted by molar-refractivity contribution is 7.25. The molecule has 8 aromatic carbocycles. The average Bonchev–Trinajstić information content (AvgIpc) is 3.93. The molecule has 4 heteroatoms. The zero-order valence-corrected chi connectivity index (χ0v) is 32.6. The van der Waals surface area contributed by atoms with Gasteiger partial charge in [-0.3, -0.25) is 4.57 Å². The van der Waals surface area contributed by atoms with Crippen molar-refractivity contribution >= 4 is 103 Å². The molecule has 0 spiro atoms. The number of hydrogen-bond donors (Lipinski definition) is 0. The summed E-state index contributed by atoms with van der Waals surface area (Å²) in [4.78, 5) is 5.15. The number of nitrogens with zero attached hydrogens (tertiary/aromatic N) is 3. The molecule has 13 rings (SSSR count). The molecular weight excluding hydrogens is 723 g/mol. The largest absolute Gasteiger partial charge is 0.309 e. The van der Waals surface area contributed by atoms with E-state index in [1.807, 2.05) is 11.3 Å². The summed E-state index contributed by atoms with van der Waals surface area (Å²) in [5.74, 6) is 1.40. The van der Waals surface area contributed by atoms with Crippen molar-refractivity contribution in [2.75, 3.05) is 0 Å². The molecule has 0 N–H and O–H groups in total. The van der Waals surface area contributed by atoms with Crippen molar-refractivity contribution < 1.29 is 0 Å². The van der Waals surface area contributed by atoms with Gasteiger partial charge in [-0.25, -0.2) is 4.98 Å². The van der Waals surface area contributed by atoms with Crippen molar-refractivity contribution in [3.05, 3.63) is 181 Å². The van der Waals surface area contributed by atoms with E-state index in [0.717, 1.165) is 29.0 Å². The first kappa shape index (κ1) is 32.1. The summed E-state index contributed by atoms with van der Waals surface area (Å²) >= 11 is 1.82. The van der Waals surface area contributed by atoms with Crippen LogP contribution in [0.15, 0.2) is 170 Å². The molecule has 3 nitrogen and oxygen atoms in total. The van der Waals surface area contributed by atoms with Gasteiger partial charge in [0.2, 0.25) is 0 Å². The fourth-order valence-corrected chi connectivity index (χ4v) is 11.2. The maximum Gasteiger partial charge on any atom is 0.138 e. The van der Waals surface area contributed by atoms with E-state index in [1.54, 1.807) is 0 Å². The Morgan fingerprint density at radius 1 is 0.483 bits per heavy atom. The Morgan fingerprint density at radius 2 is 1.07 bits per heavy atom. The topological polar surface area (TPSA) is 22.8 Å². The molecule has 0 saturated heterocycles. The molecule has 272 valence electrons. The summed E-state index contributed by atoms with van der Waals surface area (Å²) < 4.78 is 7.22.